The maximum absolute atomic E-state index is 12.5. The van der Waals surface area contributed by atoms with E-state index in [0.717, 1.165) is 0 Å². The number of benzene rings is 2. The highest BCUT2D eigenvalue weighted by Crippen LogP contribution is 2.23. The van der Waals surface area contributed by atoms with Crippen molar-refractivity contribution in [2.24, 2.45) is 5.92 Å². The molecule has 1 aliphatic heterocycles. The normalized spacial score (nSPS) is 21.4. The Bertz CT molecular complexity index is 813. The fourth-order valence-corrected chi connectivity index (χ4v) is 4.08. The number of halogens is 1. The summed E-state index contributed by atoms with van der Waals surface area (Å²) >= 11 is 3.61. The number of anilines is 3. The Morgan fingerprint density at radius 3 is 1.93 bits per heavy atom. The summed E-state index contributed by atoms with van der Waals surface area (Å²) in [5, 5.41) is 8.41. The first-order chi connectivity index (χ1) is 13.4. The van der Waals surface area contributed by atoms with Crippen molar-refractivity contribution in [2.45, 2.75) is 30.8 Å². The van der Waals surface area contributed by atoms with Crippen LogP contribution in [0.3, 0.4) is 0 Å². The highest BCUT2D eigenvalue weighted by Gasteiger charge is 2.39. The molecule has 3 atom stereocenters. The van der Waals surface area contributed by atoms with E-state index in [2.05, 4.69) is 56.6 Å². The molecule has 3 amide bonds. The highest BCUT2D eigenvalue weighted by molar-refractivity contribution is 9.09. The molecule has 0 aromatic heterocycles. The topological polar surface area (TPSA) is 94.3 Å². The standard InChI is InChI=1S/C20H24BrN5O2/c1-12(2)17-16(21)18(26-25-17)19(27)22-14-8-10-15(11-9-14)24-20(28)23-13-6-4-3-5-7-13/h3-12,16-18,25-26H,1-2H3,(H,22,27)(H2,23,24,28). The molecule has 0 radical (unpaired) electrons. The van der Waals surface area contributed by atoms with Gasteiger partial charge in [0.1, 0.15) is 6.04 Å². The summed E-state index contributed by atoms with van der Waals surface area (Å²) in [7, 11) is 0. The average molecular weight is 446 g/mol. The van der Waals surface area contributed by atoms with Gasteiger partial charge in [0.25, 0.3) is 0 Å². The molecule has 1 heterocycles. The van der Waals surface area contributed by atoms with Gasteiger partial charge in [0.2, 0.25) is 5.91 Å². The predicted octanol–water partition coefficient (Wildman–Crippen LogP) is 3.53. The van der Waals surface area contributed by atoms with Gasteiger partial charge in [-0.2, -0.15) is 0 Å². The second kappa shape index (κ2) is 9.18. The lowest BCUT2D eigenvalue weighted by atomic mass is 9.99. The summed E-state index contributed by atoms with van der Waals surface area (Å²) in [6.07, 6.45) is 0. The molecule has 7 nitrogen and oxygen atoms in total. The number of hydrogen-bond acceptors (Lipinski definition) is 4. The molecule has 2 aromatic carbocycles. The van der Waals surface area contributed by atoms with Gasteiger partial charge in [-0.15, -0.1) is 0 Å². The van der Waals surface area contributed by atoms with Crippen LogP contribution in [0, 0.1) is 5.92 Å². The molecular weight excluding hydrogens is 422 g/mol. The van der Waals surface area contributed by atoms with Gasteiger partial charge in [-0.3, -0.25) is 10.2 Å². The van der Waals surface area contributed by atoms with Crippen LogP contribution in [0.15, 0.2) is 54.6 Å². The Morgan fingerprint density at radius 2 is 1.39 bits per heavy atom. The quantitative estimate of drug-likeness (QED) is 0.455. The first kappa shape index (κ1) is 20.3. The number of para-hydroxylation sites is 1. The molecule has 0 spiro atoms. The Labute approximate surface area is 172 Å². The minimum Gasteiger partial charge on any atom is -0.325 e. The minimum absolute atomic E-state index is 0.00452. The van der Waals surface area contributed by atoms with Crippen LogP contribution >= 0.6 is 15.9 Å². The smallest absolute Gasteiger partial charge is 0.323 e. The molecule has 148 valence electrons. The maximum Gasteiger partial charge on any atom is 0.323 e. The van der Waals surface area contributed by atoms with Crippen molar-refractivity contribution in [1.29, 1.82) is 0 Å². The highest BCUT2D eigenvalue weighted by atomic mass is 79.9. The third-order valence-electron chi connectivity index (χ3n) is 4.51. The molecule has 3 unspecified atom stereocenters. The van der Waals surface area contributed by atoms with E-state index < -0.39 is 0 Å². The van der Waals surface area contributed by atoms with Crippen LogP contribution in [0.1, 0.15) is 13.8 Å². The summed E-state index contributed by atoms with van der Waals surface area (Å²) < 4.78 is 0. The maximum atomic E-state index is 12.5. The zero-order valence-corrected chi connectivity index (χ0v) is 17.3. The van der Waals surface area contributed by atoms with E-state index in [1.54, 1.807) is 24.3 Å². The van der Waals surface area contributed by atoms with Crippen LogP contribution in [0.5, 0.6) is 0 Å². The van der Waals surface area contributed by atoms with Gasteiger partial charge in [0, 0.05) is 23.1 Å². The van der Waals surface area contributed by atoms with Crippen molar-refractivity contribution in [2.75, 3.05) is 16.0 Å². The number of rotatable bonds is 5. The minimum atomic E-state index is -0.373. The van der Waals surface area contributed by atoms with E-state index in [0.29, 0.717) is 23.0 Å². The summed E-state index contributed by atoms with van der Waals surface area (Å²) in [5.41, 5.74) is 8.21. The summed E-state index contributed by atoms with van der Waals surface area (Å²) in [6.45, 7) is 4.21. The Kier molecular flexibility index (Phi) is 6.66. The Balaban J connectivity index is 1.53. The van der Waals surface area contributed by atoms with Crippen LogP contribution in [-0.4, -0.2) is 28.8 Å². The van der Waals surface area contributed by atoms with Crippen molar-refractivity contribution in [3.63, 3.8) is 0 Å². The average Bonchev–Trinajstić information content (AvgIpc) is 3.06. The monoisotopic (exact) mass is 445 g/mol. The van der Waals surface area contributed by atoms with E-state index in [1.807, 2.05) is 30.3 Å². The molecule has 0 bridgehead atoms. The van der Waals surface area contributed by atoms with Crippen LogP contribution < -0.4 is 26.8 Å². The SMILES string of the molecule is CC(C)C1NNC(C(=O)Nc2ccc(NC(=O)Nc3ccccc3)cc2)C1Br. The number of carbonyl (C=O) groups excluding carboxylic acids is 2. The summed E-state index contributed by atoms with van der Waals surface area (Å²) in [6, 6.07) is 15.7. The molecule has 2 aromatic rings. The van der Waals surface area contributed by atoms with E-state index in [4.69, 9.17) is 0 Å². The van der Waals surface area contributed by atoms with Gasteiger partial charge in [-0.05, 0) is 42.3 Å². The zero-order chi connectivity index (χ0) is 20.1. The predicted molar refractivity (Wildman–Crippen MR) is 116 cm³/mol. The van der Waals surface area contributed by atoms with Gasteiger partial charge < -0.3 is 16.0 Å². The molecule has 1 aliphatic rings. The lowest BCUT2D eigenvalue weighted by Gasteiger charge is -2.19. The number of amides is 3. The Morgan fingerprint density at radius 1 is 0.857 bits per heavy atom. The molecule has 3 rings (SSSR count). The van der Waals surface area contributed by atoms with Gasteiger partial charge in [-0.1, -0.05) is 48.0 Å². The lowest BCUT2D eigenvalue weighted by molar-refractivity contribution is -0.117. The molecule has 28 heavy (non-hydrogen) atoms. The van der Waals surface area contributed by atoms with Gasteiger partial charge in [0.15, 0.2) is 0 Å². The fraction of sp³-hybridized carbons (Fsp3) is 0.300. The Hall–Kier alpha value is -2.42. The van der Waals surface area contributed by atoms with Crippen LogP contribution in [0.2, 0.25) is 0 Å². The van der Waals surface area contributed by atoms with Crippen molar-refractivity contribution < 1.29 is 9.59 Å². The zero-order valence-electron chi connectivity index (χ0n) is 15.7. The second-order valence-corrected chi connectivity index (χ2v) is 8.05. The van der Waals surface area contributed by atoms with Crippen molar-refractivity contribution >= 4 is 44.9 Å². The molecular formula is C20H24BrN5O2. The molecule has 0 saturated carbocycles. The molecule has 1 fully saturated rings. The van der Waals surface area contributed by atoms with Gasteiger partial charge >= 0.3 is 6.03 Å². The number of hydrogen-bond donors (Lipinski definition) is 5. The lowest BCUT2D eigenvalue weighted by Crippen LogP contribution is -2.42. The third-order valence-corrected chi connectivity index (χ3v) is 5.61. The number of urea groups is 1. The van der Waals surface area contributed by atoms with E-state index in [1.165, 1.54) is 0 Å². The fourth-order valence-electron chi connectivity index (χ4n) is 2.97. The second-order valence-electron chi connectivity index (χ2n) is 6.99. The first-order valence-corrected chi connectivity index (χ1v) is 10.0. The largest absolute Gasteiger partial charge is 0.325 e. The summed E-state index contributed by atoms with van der Waals surface area (Å²) in [5.74, 6) is 0.266. The van der Waals surface area contributed by atoms with E-state index >= 15 is 0 Å². The van der Waals surface area contributed by atoms with Crippen molar-refractivity contribution in [3.05, 3.63) is 54.6 Å². The molecule has 0 aliphatic carbocycles. The van der Waals surface area contributed by atoms with Crippen LogP contribution in [0.25, 0.3) is 0 Å². The van der Waals surface area contributed by atoms with Crippen LogP contribution in [-0.2, 0) is 4.79 Å². The summed E-state index contributed by atoms with van der Waals surface area (Å²) in [4.78, 5) is 24.6. The van der Waals surface area contributed by atoms with Gasteiger partial charge in [0.05, 0.1) is 4.83 Å². The number of nitrogens with one attached hydrogen (secondary N) is 5. The van der Waals surface area contributed by atoms with E-state index in [-0.39, 0.29) is 28.8 Å². The van der Waals surface area contributed by atoms with Crippen LogP contribution in [0.4, 0.5) is 21.9 Å². The van der Waals surface area contributed by atoms with Crippen molar-refractivity contribution in [3.8, 4) is 0 Å². The number of alkyl halides is 1. The molecule has 5 N–H and O–H groups in total. The third kappa shape index (κ3) is 5.09. The van der Waals surface area contributed by atoms with E-state index in [9.17, 15) is 9.59 Å². The van der Waals surface area contributed by atoms with Gasteiger partial charge in [-0.25, -0.2) is 10.2 Å². The number of carbonyl (C=O) groups is 2. The molecule has 1 saturated heterocycles. The first-order valence-electron chi connectivity index (χ1n) is 9.13. The van der Waals surface area contributed by atoms with Crippen molar-refractivity contribution in [1.82, 2.24) is 10.9 Å². The number of hydrazine groups is 1. The molecule has 8 heteroatoms.